The van der Waals surface area contributed by atoms with Gasteiger partial charge in [0.15, 0.2) is 0 Å². The molecule has 1 N–H and O–H groups in total. The predicted octanol–water partition coefficient (Wildman–Crippen LogP) is 3.56. The fourth-order valence-corrected chi connectivity index (χ4v) is 5.61. The molecule has 2 aromatic rings. The topological polar surface area (TPSA) is 88.9 Å². The summed E-state index contributed by atoms with van der Waals surface area (Å²) in [5, 5.41) is 15.8. The van der Waals surface area contributed by atoms with Crippen molar-refractivity contribution in [2.75, 3.05) is 26.2 Å². The molecule has 1 aliphatic carbocycles. The molecule has 1 aromatic heterocycles. The number of aromatic amines is 1. The monoisotopic (exact) mass is 444 g/mol. The number of carbonyl (C=O) groups is 1. The van der Waals surface area contributed by atoms with Crippen molar-refractivity contribution in [3.05, 3.63) is 47.0 Å². The van der Waals surface area contributed by atoms with E-state index in [1.807, 2.05) is 15.9 Å². The Balaban J connectivity index is 1.13. The van der Waals surface area contributed by atoms with Crippen LogP contribution >= 0.6 is 0 Å². The number of hydrogen-bond donors (Lipinski definition) is 1. The number of halogens is 3. The van der Waals surface area contributed by atoms with Gasteiger partial charge in [-0.25, -0.2) is 9.78 Å². The minimum absolute atomic E-state index is 0.0403. The molecule has 2 saturated heterocycles. The summed E-state index contributed by atoms with van der Waals surface area (Å²) in [7, 11) is 0. The van der Waals surface area contributed by atoms with Gasteiger partial charge in [-0.1, -0.05) is 0 Å². The zero-order valence-corrected chi connectivity index (χ0v) is 17.4. The number of alkyl halides is 3. The number of nitriles is 1. The van der Waals surface area contributed by atoms with Crippen molar-refractivity contribution < 1.29 is 18.0 Å². The van der Waals surface area contributed by atoms with Crippen molar-refractivity contribution in [2.24, 2.45) is 11.3 Å². The third kappa shape index (κ3) is 3.80. The van der Waals surface area contributed by atoms with Crippen molar-refractivity contribution in [1.82, 2.24) is 25.0 Å². The molecule has 10 heteroatoms. The second-order valence-corrected chi connectivity index (χ2v) is 9.45. The number of benzene rings is 1. The minimum atomic E-state index is -4.46. The van der Waals surface area contributed by atoms with E-state index in [1.54, 1.807) is 6.07 Å². The van der Waals surface area contributed by atoms with E-state index in [0.717, 1.165) is 37.2 Å². The van der Waals surface area contributed by atoms with Gasteiger partial charge in [0, 0.05) is 37.5 Å². The molecular weight excluding hydrogens is 421 g/mol. The van der Waals surface area contributed by atoms with Crippen LogP contribution in [-0.2, 0) is 12.6 Å². The van der Waals surface area contributed by atoms with Gasteiger partial charge in [-0.15, -0.1) is 0 Å². The first-order chi connectivity index (χ1) is 15.2. The van der Waals surface area contributed by atoms with Crippen molar-refractivity contribution in [3.8, 4) is 6.07 Å². The molecular formula is C22H23F3N6O. The number of urea groups is 1. The molecule has 0 bridgehead atoms. The number of rotatable bonds is 3. The Labute approximate surface area is 183 Å². The van der Waals surface area contributed by atoms with E-state index in [4.69, 9.17) is 5.26 Å². The number of nitrogens with one attached hydrogen (secondary N) is 1. The lowest BCUT2D eigenvalue weighted by atomic mass is 9.56. The molecule has 7 nitrogen and oxygen atoms in total. The Morgan fingerprint density at radius 3 is 2.69 bits per heavy atom. The van der Waals surface area contributed by atoms with Crippen LogP contribution in [0.4, 0.5) is 18.0 Å². The molecule has 168 valence electrons. The third-order valence-corrected chi connectivity index (χ3v) is 7.02. The van der Waals surface area contributed by atoms with Crippen LogP contribution in [0.2, 0.25) is 0 Å². The Hall–Kier alpha value is -3.09. The predicted molar refractivity (Wildman–Crippen MR) is 107 cm³/mol. The summed E-state index contributed by atoms with van der Waals surface area (Å²) in [6, 6.07) is 5.48. The summed E-state index contributed by atoms with van der Waals surface area (Å²) in [6.45, 7) is 2.75. The van der Waals surface area contributed by atoms with E-state index in [-0.39, 0.29) is 28.8 Å². The van der Waals surface area contributed by atoms with Crippen LogP contribution < -0.4 is 0 Å². The van der Waals surface area contributed by atoms with Gasteiger partial charge in [-0.3, -0.25) is 5.10 Å². The van der Waals surface area contributed by atoms with Gasteiger partial charge in [0.2, 0.25) is 0 Å². The molecule has 2 aliphatic heterocycles. The molecule has 3 heterocycles. The summed E-state index contributed by atoms with van der Waals surface area (Å²) >= 11 is 0. The average Bonchev–Trinajstić information content (AvgIpc) is 3.38. The molecule has 1 aromatic carbocycles. The maximum Gasteiger partial charge on any atom is 0.416 e. The molecule has 0 radical (unpaired) electrons. The van der Waals surface area contributed by atoms with Gasteiger partial charge < -0.3 is 9.80 Å². The lowest BCUT2D eigenvalue weighted by Crippen LogP contribution is -2.65. The first-order valence-electron chi connectivity index (χ1n) is 10.8. The molecule has 1 atom stereocenters. The summed E-state index contributed by atoms with van der Waals surface area (Å²) in [4.78, 5) is 20.7. The van der Waals surface area contributed by atoms with Crippen LogP contribution in [0.25, 0.3) is 0 Å². The number of carbonyl (C=O) groups excluding carboxylic acids is 1. The summed E-state index contributed by atoms with van der Waals surface area (Å²) in [5.41, 5.74) is -0.0721. The van der Waals surface area contributed by atoms with E-state index in [1.165, 1.54) is 6.33 Å². The Morgan fingerprint density at radius 2 is 2.03 bits per heavy atom. The van der Waals surface area contributed by atoms with Gasteiger partial charge >= 0.3 is 12.2 Å². The van der Waals surface area contributed by atoms with E-state index in [0.29, 0.717) is 38.2 Å². The maximum absolute atomic E-state index is 13.1. The standard InChI is InChI=1S/C22H23F3N6O/c23-22(24,25)18-5-14(3-15(6-18)9-26)4-16-7-21(8-16)11-31(12-21)20(32)30-2-1-17(10-30)19-27-13-28-29-19/h3,5-6,13,16-17H,1-2,4,7-8,10-12H2,(H,27,28,29)/t17-/m0/s1. The number of H-pyrrole nitrogens is 1. The third-order valence-electron chi connectivity index (χ3n) is 7.02. The Kier molecular flexibility index (Phi) is 4.87. The highest BCUT2D eigenvalue weighted by atomic mass is 19.4. The average molecular weight is 444 g/mol. The number of hydrogen-bond acceptors (Lipinski definition) is 4. The second kappa shape index (κ2) is 7.50. The molecule has 3 aliphatic rings. The Morgan fingerprint density at radius 1 is 1.25 bits per heavy atom. The highest BCUT2D eigenvalue weighted by Gasteiger charge is 2.54. The highest BCUT2D eigenvalue weighted by molar-refractivity contribution is 5.76. The largest absolute Gasteiger partial charge is 0.416 e. The van der Waals surface area contributed by atoms with Crippen LogP contribution in [-0.4, -0.2) is 57.2 Å². The molecule has 3 fully saturated rings. The Bertz CT molecular complexity index is 1050. The fourth-order valence-electron chi connectivity index (χ4n) is 5.61. The lowest BCUT2D eigenvalue weighted by Gasteiger charge is -2.59. The molecule has 2 amide bonds. The van der Waals surface area contributed by atoms with Crippen molar-refractivity contribution in [1.29, 1.82) is 5.26 Å². The summed E-state index contributed by atoms with van der Waals surface area (Å²) < 4.78 is 39.3. The van der Waals surface area contributed by atoms with E-state index in [2.05, 4.69) is 15.2 Å². The minimum Gasteiger partial charge on any atom is -0.324 e. The van der Waals surface area contributed by atoms with Crippen LogP contribution in [0, 0.1) is 22.7 Å². The van der Waals surface area contributed by atoms with Gasteiger partial charge in [0.05, 0.1) is 17.2 Å². The number of aromatic nitrogens is 3. The smallest absolute Gasteiger partial charge is 0.324 e. The second-order valence-electron chi connectivity index (χ2n) is 9.45. The SMILES string of the molecule is N#Cc1cc(CC2CC3(C2)CN(C(=O)N2CC[C@H](c4ncn[nH]4)C2)C3)cc(C(F)(F)F)c1. The first kappa shape index (κ1) is 20.8. The molecule has 0 unspecified atom stereocenters. The van der Waals surface area contributed by atoms with E-state index >= 15 is 0 Å². The van der Waals surface area contributed by atoms with Crippen LogP contribution in [0.15, 0.2) is 24.5 Å². The van der Waals surface area contributed by atoms with Gasteiger partial charge in [0.25, 0.3) is 0 Å². The van der Waals surface area contributed by atoms with Gasteiger partial charge in [0.1, 0.15) is 12.2 Å². The van der Waals surface area contributed by atoms with Crippen molar-refractivity contribution in [2.45, 2.75) is 37.8 Å². The lowest BCUT2D eigenvalue weighted by molar-refractivity contribution is -0.137. The quantitative estimate of drug-likeness (QED) is 0.784. The van der Waals surface area contributed by atoms with Crippen LogP contribution in [0.5, 0.6) is 0 Å². The van der Waals surface area contributed by atoms with Crippen molar-refractivity contribution >= 4 is 6.03 Å². The molecule has 32 heavy (non-hydrogen) atoms. The van der Waals surface area contributed by atoms with Crippen LogP contribution in [0.1, 0.15) is 47.7 Å². The maximum atomic E-state index is 13.1. The summed E-state index contributed by atoms with van der Waals surface area (Å²) in [6.07, 6.45) is 0.208. The number of likely N-dealkylation sites (tertiary alicyclic amines) is 2. The molecule has 1 spiro atoms. The van der Waals surface area contributed by atoms with Gasteiger partial charge in [-0.05, 0) is 55.4 Å². The van der Waals surface area contributed by atoms with E-state index in [9.17, 15) is 18.0 Å². The normalized spacial score (nSPS) is 22.5. The zero-order chi connectivity index (χ0) is 22.5. The van der Waals surface area contributed by atoms with Crippen LogP contribution in [0.3, 0.4) is 0 Å². The fraction of sp³-hybridized carbons (Fsp3) is 0.545. The highest BCUT2D eigenvalue weighted by Crippen LogP contribution is 2.53. The van der Waals surface area contributed by atoms with Crippen molar-refractivity contribution in [3.63, 3.8) is 0 Å². The number of nitrogens with zero attached hydrogens (tertiary/aromatic N) is 5. The molecule has 5 rings (SSSR count). The zero-order valence-electron chi connectivity index (χ0n) is 17.4. The van der Waals surface area contributed by atoms with E-state index < -0.39 is 11.7 Å². The number of amides is 2. The summed E-state index contributed by atoms with van der Waals surface area (Å²) in [5.74, 6) is 1.29. The molecule has 1 saturated carbocycles. The van der Waals surface area contributed by atoms with Gasteiger partial charge in [-0.2, -0.15) is 23.5 Å². The first-order valence-corrected chi connectivity index (χ1v) is 10.8.